The summed E-state index contributed by atoms with van der Waals surface area (Å²) in [5.74, 6) is 0.341. The van der Waals surface area contributed by atoms with Crippen molar-refractivity contribution < 1.29 is 14.3 Å². The molecule has 0 saturated carbocycles. The van der Waals surface area contributed by atoms with Crippen molar-refractivity contribution in [2.45, 2.75) is 45.6 Å². The van der Waals surface area contributed by atoms with Gasteiger partial charge in [0.15, 0.2) is 5.78 Å². The van der Waals surface area contributed by atoms with Gasteiger partial charge in [-0.15, -0.1) is 0 Å². The van der Waals surface area contributed by atoms with Crippen LogP contribution >= 0.6 is 0 Å². The molecule has 1 aliphatic heterocycles. The molecule has 1 aromatic carbocycles. The molecule has 0 aliphatic carbocycles. The van der Waals surface area contributed by atoms with E-state index in [-0.39, 0.29) is 17.1 Å². The standard InChI is InChI=1S/C16H21NO3/c1-10(18)17-13-7-8-20-14-6-5-11(16(2,3)4)9-12(14)15(13)19/h5-6,9,13H,7-8H2,1-4H3,(H,17,18). The van der Waals surface area contributed by atoms with Crippen LogP contribution in [0.25, 0.3) is 0 Å². The Bertz CT molecular complexity index is 543. The maximum absolute atomic E-state index is 12.6. The van der Waals surface area contributed by atoms with Crippen molar-refractivity contribution in [1.82, 2.24) is 5.32 Å². The van der Waals surface area contributed by atoms with Gasteiger partial charge in [0.2, 0.25) is 5.91 Å². The van der Waals surface area contributed by atoms with Gasteiger partial charge in [0.25, 0.3) is 0 Å². The van der Waals surface area contributed by atoms with Gasteiger partial charge in [-0.1, -0.05) is 26.8 Å². The third-order valence-electron chi connectivity index (χ3n) is 3.47. The Balaban J connectivity index is 2.40. The predicted molar refractivity (Wildman–Crippen MR) is 77.2 cm³/mol. The zero-order valence-corrected chi connectivity index (χ0v) is 12.4. The van der Waals surface area contributed by atoms with Crippen LogP contribution in [0, 0.1) is 0 Å². The summed E-state index contributed by atoms with van der Waals surface area (Å²) in [6.07, 6.45) is 0.498. The summed E-state index contributed by atoms with van der Waals surface area (Å²) < 4.78 is 5.63. The van der Waals surface area contributed by atoms with Gasteiger partial charge in [0.05, 0.1) is 18.2 Å². The van der Waals surface area contributed by atoms with E-state index in [1.54, 1.807) is 0 Å². The molecule has 4 nitrogen and oxygen atoms in total. The molecule has 0 saturated heterocycles. The van der Waals surface area contributed by atoms with E-state index >= 15 is 0 Å². The number of ketones is 1. The van der Waals surface area contributed by atoms with Crippen LogP contribution in [0.4, 0.5) is 0 Å². The molecule has 2 rings (SSSR count). The van der Waals surface area contributed by atoms with Gasteiger partial charge < -0.3 is 10.1 Å². The maximum Gasteiger partial charge on any atom is 0.217 e. The highest BCUT2D eigenvalue weighted by molar-refractivity contribution is 6.04. The quantitative estimate of drug-likeness (QED) is 0.856. The summed E-state index contributed by atoms with van der Waals surface area (Å²) in [5.41, 5.74) is 1.61. The van der Waals surface area contributed by atoms with Gasteiger partial charge in [0, 0.05) is 13.3 Å². The van der Waals surface area contributed by atoms with Gasteiger partial charge >= 0.3 is 0 Å². The van der Waals surface area contributed by atoms with E-state index in [2.05, 4.69) is 26.1 Å². The molecular weight excluding hydrogens is 254 g/mol. The van der Waals surface area contributed by atoms with Crippen LogP contribution in [0.2, 0.25) is 0 Å². The van der Waals surface area contributed by atoms with E-state index in [0.29, 0.717) is 24.3 Å². The number of rotatable bonds is 1. The first-order chi connectivity index (χ1) is 9.29. The Kier molecular flexibility index (Phi) is 3.84. The van der Waals surface area contributed by atoms with Crippen molar-refractivity contribution in [2.24, 2.45) is 0 Å². The molecule has 20 heavy (non-hydrogen) atoms. The molecule has 4 heteroatoms. The molecule has 0 aromatic heterocycles. The van der Waals surface area contributed by atoms with Gasteiger partial charge in [-0.2, -0.15) is 0 Å². The molecule has 0 radical (unpaired) electrons. The number of ether oxygens (including phenoxy) is 1. The van der Waals surface area contributed by atoms with E-state index in [0.717, 1.165) is 5.56 Å². The summed E-state index contributed by atoms with van der Waals surface area (Å²) in [7, 11) is 0. The van der Waals surface area contributed by atoms with Crippen LogP contribution < -0.4 is 10.1 Å². The molecule has 1 atom stereocenters. The zero-order chi connectivity index (χ0) is 14.9. The molecule has 1 amide bonds. The average Bonchev–Trinajstić information content (AvgIpc) is 2.48. The van der Waals surface area contributed by atoms with Crippen LogP contribution in [-0.2, 0) is 10.2 Å². The van der Waals surface area contributed by atoms with Crippen molar-refractivity contribution >= 4 is 11.7 Å². The number of amides is 1. The lowest BCUT2D eigenvalue weighted by molar-refractivity contribution is -0.119. The summed E-state index contributed by atoms with van der Waals surface area (Å²) in [6.45, 7) is 8.15. The fraction of sp³-hybridized carbons (Fsp3) is 0.500. The number of nitrogens with one attached hydrogen (secondary N) is 1. The van der Waals surface area contributed by atoms with Crippen molar-refractivity contribution in [1.29, 1.82) is 0 Å². The lowest BCUT2D eigenvalue weighted by Crippen LogP contribution is -2.39. The number of Topliss-reactive ketones (excluding diaryl/α,β-unsaturated/α-hetero) is 1. The summed E-state index contributed by atoms with van der Waals surface area (Å²) >= 11 is 0. The molecule has 1 aromatic rings. The first-order valence-electron chi connectivity index (χ1n) is 6.87. The third kappa shape index (κ3) is 3.00. The second kappa shape index (κ2) is 5.27. The summed E-state index contributed by atoms with van der Waals surface area (Å²) in [5, 5.41) is 2.70. The van der Waals surface area contributed by atoms with E-state index in [1.807, 2.05) is 18.2 Å². The Labute approximate surface area is 119 Å². The van der Waals surface area contributed by atoms with Gasteiger partial charge in [-0.25, -0.2) is 0 Å². The third-order valence-corrected chi connectivity index (χ3v) is 3.47. The highest BCUT2D eigenvalue weighted by Crippen LogP contribution is 2.30. The van der Waals surface area contributed by atoms with Crippen molar-refractivity contribution in [3.05, 3.63) is 29.3 Å². The van der Waals surface area contributed by atoms with Crippen molar-refractivity contribution in [3.63, 3.8) is 0 Å². The van der Waals surface area contributed by atoms with E-state index < -0.39 is 6.04 Å². The van der Waals surface area contributed by atoms with E-state index in [1.165, 1.54) is 6.92 Å². The summed E-state index contributed by atoms with van der Waals surface area (Å²) in [4.78, 5) is 23.8. The van der Waals surface area contributed by atoms with E-state index in [9.17, 15) is 9.59 Å². The highest BCUT2D eigenvalue weighted by atomic mass is 16.5. The van der Waals surface area contributed by atoms with Gasteiger partial charge in [-0.3, -0.25) is 9.59 Å². The van der Waals surface area contributed by atoms with Crippen LogP contribution in [0.15, 0.2) is 18.2 Å². The Hall–Kier alpha value is -1.84. The maximum atomic E-state index is 12.6. The SMILES string of the molecule is CC(=O)NC1CCOc2ccc(C(C)(C)C)cc2C1=O. The Morgan fingerprint density at radius 3 is 2.65 bits per heavy atom. The molecule has 1 unspecified atom stereocenters. The fourth-order valence-corrected chi connectivity index (χ4v) is 2.30. The minimum atomic E-state index is -0.496. The average molecular weight is 275 g/mol. The van der Waals surface area contributed by atoms with Crippen LogP contribution in [0.3, 0.4) is 0 Å². The normalized spacial score (nSPS) is 18.8. The molecular formula is C16H21NO3. The molecule has 0 spiro atoms. The number of carbonyl (C=O) groups is 2. The number of hydrogen-bond donors (Lipinski definition) is 1. The van der Waals surface area contributed by atoms with Gasteiger partial charge in [-0.05, 0) is 23.1 Å². The minimum absolute atomic E-state index is 0.0366. The van der Waals surface area contributed by atoms with Crippen molar-refractivity contribution in [2.75, 3.05) is 6.61 Å². The number of hydrogen-bond acceptors (Lipinski definition) is 3. The molecule has 1 heterocycles. The predicted octanol–water partition coefficient (Wildman–Crippen LogP) is 2.45. The van der Waals surface area contributed by atoms with Crippen molar-refractivity contribution in [3.8, 4) is 5.75 Å². The van der Waals surface area contributed by atoms with E-state index in [4.69, 9.17) is 4.74 Å². The van der Waals surface area contributed by atoms with Crippen LogP contribution in [0.5, 0.6) is 5.75 Å². The summed E-state index contributed by atoms with van der Waals surface area (Å²) in [6, 6.07) is 5.23. The zero-order valence-electron chi connectivity index (χ0n) is 12.4. The smallest absolute Gasteiger partial charge is 0.217 e. The number of fused-ring (bicyclic) bond motifs is 1. The largest absolute Gasteiger partial charge is 0.493 e. The molecule has 1 aliphatic rings. The lowest BCUT2D eigenvalue weighted by atomic mass is 9.85. The monoisotopic (exact) mass is 275 g/mol. The second-order valence-corrected chi connectivity index (χ2v) is 6.22. The molecule has 108 valence electrons. The number of carbonyl (C=O) groups excluding carboxylic acids is 2. The molecule has 0 fully saturated rings. The highest BCUT2D eigenvalue weighted by Gasteiger charge is 2.28. The fourth-order valence-electron chi connectivity index (χ4n) is 2.30. The van der Waals surface area contributed by atoms with Crippen LogP contribution in [-0.4, -0.2) is 24.3 Å². The Morgan fingerprint density at radius 1 is 1.35 bits per heavy atom. The Morgan fingerprint density at radius 2 is 2.05 bits per heavy atom. The first kappa shape index (κ1) is 14.6. The minimum Gasteiger partial charge on any atom is -0.493 e. The lowest BCUT2D eigenvalue weighted by Gasteiger charge is -2.21. The second-order valence-electron chi connectivity index (χ2n) is 6.22. The molecule has 1 N–H and O–H groups in total. The van der Waals surface area contributed by atoms with Gasteiger partial charge in [0.1, 0.15) is 5.75 Å². The number of benzene rings is 1. The first-order valence-corrected chi connectivity index (χ1v) is 6.87. The van der Waals surface area contributed by atoms with Crippen LogP contribution in [0.1, 0.15) is 50.0 Å². The topological polar surface area (TPSA) is 55.4 Å². The molecule has 0 bridgehead atoms.